The largest absolute Gasteiger partial charge is 0.325 e. The van der Waals surface area contributed by atoms with Crippen LogP contribution in [0.4, 0.5) is 14.5 Å². The summed E-state index contributed by atoms with van der Waals surface area (Å²) in [6, 6.07) is 13.8. The SMILES string of the molecule is O=C(Nc1ccc(SC(F)F)cc1)C1(c2cccc(Cl)c2)CC1. The summed E-state index contributed by atoms with van der Waals surface area (Å²) < 4.78 is 24.6. The molecule has 2 aromatic carbocycles. The summed E-state index contributed by atoms with van der Waals surface area (Å²) in [6.45, 7) is 0. The number of carbonyl (C=O) groups excluding carboxylic acids is 1. The van der Waals surface area contributed by atoms with Crippen molar-refractivity contribution >= 4 is 35.0 Å². The maximum Gasteiger partial charge on any atom is 0.288 e. The normalized spacial score (nSPS) is 15.5. The summed E-state index contributed by atoms with van der Waals surface area (Å²) in [4.78, 5) is 13.1. The minimum Gasteiger partial charge on any atom is -0.325 e. The number of amides is 1. The molecule has 0 atom stereocenters. The van der Waals surface area contributed by atoms with E-state index in [-0.39, 0.29) is 5.91 Å². The fraction of sp³-hybridized carbons (Fsp3) is 0.235. The van der Waals surface area contributed by atoms with Crippen LogP contribution in [0.25, 0.3) is 0 Å². The number of anilines is 1. The maximum absolute atomic E-state index is 12.6. The quantitative estimate of drug-likeness (QED) is 0.736. The summed E-state index contributed by atoms with van der Waals surface area (Å²) in [6.07, 6.45) is 1.55. The van der Waals surface area contributed by atoms with E-state index in [0.717, 1.165) is 18.4 Å². The summed E-state index contributed by atoms with van der Waals surface area (Å²) in [5, 5.41) is 3.47. The van der Waals surface area contributed by atoms with Crippen LogP contribution < -0.4 is 5.32 Å². The highest BCUT2D eigenvalue weighted by Gasteiger charge is 2.51. The Kier molecular flexibility index (Phi) is 4.60. The first-order chi connectivity index (χ1) is 11.0. The monoisotopic (exact) mass is 353 g/mol. The molecule has 1 fully saturated rings. The molecule has 0 heterocycles. The molecule has 1 N–H and O–H groups in total. The van der Waals surface area contributed by atoms with E-state index in [1.54, 1.807) is 30.3 Å². The van der Waals surface area contributed by atoms with Crippen LogP contribution >= 0.6 is 23.4 Å². The van der Waals surface area contributed by atoms with E-state index in [4.69, 9.17) is 11.6 Å². The molecule has 23 heavy (non-hydrogen) atoms. The van der Waals surface area contributed by atoms with Crippen LogP contribution in [0.5, 0.6) is 0 Å². The van der Waals surface area contributed by atoms with Crippen LogP contribution in [0.2, 0.25) is 5.02 Å². The summed E-state index contributed by atoms with van der Waals surface area (Å²) in [7, 11) is 0. The molecule has 0 spiro atoms. The first-order valence-electron chi connectivity index (χ1n) is 7.12. The van der Waals surface area contributed by atoms with Crippen LogP contribution in [-0.2, 0) is 10.2 Å². The number of benzene rings is 2. The van der Waals surface area contributed by atoms with Crippen LogP contribution in [-0.4, -0.2) is 11.7 Å². The van der Waals surface area contributed by atoms with Gasteiger partial charge in [0.1, 0.15) is 0 Å². The molecule has 1 amide bonds. The number of carbonyl (C=O) groups is 1. The predicted octanol–water partition coefficient (Wildman–Crippen LogP) is 5.33. The van der Waals surface area contributed by atoms with Gasteiger partial charge in [0.25, 0.3) is 5.76 Å². The molecule has 0 unspecified atom stereocenters. The number of hydrogen-bond acceptors (Lipinski definition) is 2. The fourth-order valence-corrected chi connectivity index (χ4v) is 3.22. The van der Waals surface area contributed by atoms with E-state index in [1.165, 1.54) is 0 Å². The van der Waals surface area contributed by atoms with Crippen LogP contribution in [0.15, 0.2) is 53.4 Å². The van der Waals surface area contributed by atoms with E-state index >= 15 is 0 Å². The van der Waals surface area contributed by atoms with E-state index in [9.17, 15) is 13.6 Å². The summed E-state index contributed by atoms with van der Waals surface area (Å²) in [5.74, 6) is -2.54. The van der Waals surface area contributed by atoms with Gasteiger partial charge in [-0.05, 0) is 54.8 Å². The van der Waals surface area contributed by atoms with E-state index in [2.05, 4.69) is 5.32 Å². The molecule has 3 rings (SSSR count). The van der Waals surface area contributed by atoms with Gasteiger partial charge in [-0.15, -0.1) is 0 Å². The molecular formula is C17H14ClF2NOS. The first kappa shape index (κ1) is 16.3. The second-order valence-electron chi connectivity index (χ2n) is 5.45. The van der Waals surface area contributed by atoms with Crippen molar-refractivity contribution in [1.82, 2.24) is 0 Å². The highest BCUT2D eigenvalue weighted by atomic mass is 35.5. The van der Waals surface area contributed by atoms with Crippen molar-refractivity contribution in [3.8, 4) is 0 Å². The third-order valence-corrected chi connectivity index (χ3v) is 4.86. The van der Waals surface area contributed by atoms with Crippen LogP contribution in [0.1, 0.15) is 18.4 Å². The van der Waals surface area contributed by atoms with Crippen molar-refractivity contribution in [3.63, 3.8) is 0 Å². The molecule has 0 saturated heterocycles. The molecule has 2 nitrogen and oxygen atoms in total. The first-order valence-corrected chi connectivity index (χ1v) is 8.38. The number of rotatable bonds is 5. The maximum atomic E-state index is 12.6. The zero-order valence-electron chi connectivity index (χ0n) is 12.1. The third kappa shape index (κ3) is 3.67. The molecule has 0 aliphatic heterocycles. The lowest BCUT2D eigenvalue weighted by molar-refractivity contribution is -0.118. The van der Waals surface area contributed by atoms with Crippen molar-refractivity contribution in [2.45, 2.75) is 28.9 Å². The van der Waals surface area contributed by atoms with Crippen molar-refractivity contribution in [3.05, 3.63) is 59.1 Å². The number of nitrogens with one attached hydrogen (secondary N) is 1. The zero-order valence-corrected chi connectivity index (χ0v) is 13.6. The Morgan fingerprint density at radius 3 is 2.43 bits per heavy atom. The van der Waals surface area contributed by atoms with Gasteiger partial charge < -0.3 is 5.32 Å². The Balaban J connectivity index is 1.72. The van der Waals surface area contributed by atoms with Crippen molar-refractivity contribution in [2.75, 3.05) is 5.32 Å². The molecule has 0 aromatic heterocycles. The van der Waals surface area contributed by atoms with Gasteiger partial charge in [-0.2, -0.15) is 8.78 Å². The topological polar surface area (TPSA) is 29.1 Å². The Morgan fingerprint density at radius 1 is 1.17 bits per heavy atom. The van der Waals surface area contributed by atoms with Crippen LogP contribution in [0.3, 0.4) is 0 Å². The zero-order chi connectivity index (χ0) is 16.4. The summed E-state index contributed by atoms with van der Waals surface area (Å²) >= 11 is 6.49. The van der Waals surface area contributed by atoms with Gasteiger partial charge in [-0.1, -0.05) is 35.5 Å². The van der Waals surface area contributed by atoms with Gasteiger partial charge in [0.15, 0.2) is 0 Å². The third-order valence-electron chi connectivity index (χ3n) is 3.90. The summed E-state index contributed by atoms with van der Waals surface area (Å²) in [5.41, 5.74) is 0.982. The fourth-order valence-electron chi connectivity index (χ4n) is 2.53. The molecule has 1 aliphatic rings. The molecule has 1 aliphatic carbocycles. The second kappa shape index (κ2) is 6.49. The van der Waals surface area contributed by atoms with E-state index in [1.807, 2.05) is 18.2 Å². The van der Waals surface area contributed by atoms with Crippen molar-refractivity contribution in [2.24, 2.45) is 0 Å². The average Bonchev–Trinajstić information content (AvgIpc) is 3.30. The minimum absolute atomic E-state index is 0.0889. The van der Waals surface area contributed by atoms with E-state index in [0.29, 0.717) is 27.4 Å². The van der Waals surface area contributed by atoms with E-state index < -0.39 is 11.2 Å². The molecule has 1 saturated carbocycles. The van der Waals surface area contributed by atoms with Crippen LogP contribution in [0, 0.1) is 0 Å². The second-order valence-corrected chi connectivity index (χ2v) is 6.95. The number of alkyl halides is 2. The van der Waals surface area contributed by atoms with Gasteiger partial charge >= 0.3 is 0 Å². The minimum atomic E-state index is -2.45. The van der Waals surface area contributed by atoms with Crippen molar-refractivity contribution < 1.29 is 13.6 Å². The average molecular weight is 354 g/mol. The lowest BCUT2D eigenvalue weighted by Gasteiger charge is -2.16. The smallest absolute Gasteiger partial charge is 0.288 e. The Hall–Kier alpha value is -1.59. The Morgan fingerprint density at radius 2 is 1.87 bits per heavy atom. The molecule has 0 radical (unpaired) electrons. The van der Waals surface area contributed by atoms with Gasteiger partial charge in [0.05, 0.1) is 5.41 Å². The van der Waals surface area contributed by atoms with Gasteiger partial charge in [-0.3, -0.25) is 4.79 Å². The Labute approximate surface area is 142 Å². The Bertz CT molecular complexity index is 717. The molecule has 0 bridgehead atoms. The van der Waals surface area contributed by atoms with Gasteiger partial charge in [0.2, 0.25) is 5.91 Å². The van der Waals surface area contributed by atoms with Gasteiger partial charge in [-0.25, -0.2) is 0 Å². The number of thioether (sulfide) groups is 1. The lowest BCUT2D eigenvalue weighted by Crippen LogP contribution is -2.27. The van der Waals surface area contributed by atoms with Crippen molar-refractivity contribution in [1.29, 1.82) is 0 Å². The number of halogens is 3. The van der Waals surface area contributed by atoms with Gasteiger partial charge in [0, 0.05) is 15.6 Å². The highest BCUT2D eigenvalue weighted by Crippen LogP contribution is 2.49. The highest BCUT2D eigenvalue weighted by molar-refractivity contribution is 7.99. The standard InChI is InChI=1S/C17H14ClF2NOS/c18-12-3-1-2-11(10-12)17(8-9-17)15(22)21-13-4-6-14(7-5-13)23-16(19)20/h1-7,10,16H,8-9H2,(H,21,22). The molecular weight excluding hydrogens is 340 g/mol. The predicted molar refractivity (Wildman–Crippen MR) is 89.3 cm³/mol. The molecule has 6 heteroatoms. The molecule has 2 aromatic rings. The lowest BCUT2D eigenvalue weighted by atomic mass is 9.95. The number of hydrogen-bond donors (Lipinski definition) is 1. The molecule has 120 valence electrons.